The lowest BCUT2D eigenvalue weighted by atomic mass is 9.66. The number of aldehydes is 1. The van der Waals surface area contributed by atoms with Gasteiger partial charge in [0, 0.05) is 5.56 Å². The maximum Gasteiger partial charge on any atom is 0.427 e. The van der Waals surface area contributed by atoms with Crippen LogP contribution in [0.25, 0.3) is 5.57 Å². The normalized spacial score (nSPS) is 21.8. The van der Waals surface area contributed by atoms with Gasteiger partial charge < -0.3 is 9.90 Å². The van der Waals surface area contributed by atoms with Gasteiger partial charge in [-0.25, -0.2) is 4.39 Å². The zero-order chi connectivity index (χ0) is 19.1. The first-order valence-corrected chi connectivity index (χ1v) is 6.86. The van der Waals surface area contributed by atoms with E-state index in [0.717, 1.165) is 18.2 Å². The molecule has 1 aromatic rings. The molecule has 0 saturated carbocycles. The van der Waals surface area contributed by atoms with E-state index < -0.39 is 41.9 Å². The molecule has 2 rings (SSSR count). The number of halogens is 7. The highest BCUT2D eigenvalue weighted by molar-refractivity contribution is 5.79. The quantitative estimate of drug-likeness (QED) is 0.641. The Labute approximate surface area is 137 Å². The first kappa shape index (κ1) is 19.2. The van der Waals surface area contributed by atoms with Crippen LogP contribution in [0.2, 0.25) is 0 Å². The van der Waals surface area contributed by atoms with E-state index >= 15 is 0 Å². The molecule has 1 atom stereocenters. The molecule has 0 amide bonds. The monoisotopic (exact) mass is 368 g/mol. The van der Waals surface area contributed by atoms with Crippen LogP contribution in [0.1, 0.15) is 12.0 Å². The average Bonchev–Trinajstić information content (AvgIpc) is 2.52. The van der Waals surface area contributed by atoms with Gasteiger partial charge in [-0.2, -0.15) is 26.3 Å². The standard InChI is InChI=1S/C16H11F7O2/c17-12-4-2-1-3-11(12)10-5-7-13(9-24,8-6-10)14(25,15(18,19)20)16(21,22)23/h1-7,9,25H,8H2. The van der Waals surface area contributed by atoms with Gasteiger partial charge in [-0.3, -0.25) is 0 Å². The molecular weight excluding hydrogens is 357 g/mol. The van der Waals surface area contributed by atoms with E-state index in [2.05, 4.69) is 0 Å². The van der Waals surface area contributed by atoms with Gasteiger partial charge in [-0.15, -0.1) is 0 Å². The summed E-state index contributed by atoms with van der Waals surface area (Å²) in [6, 6.07) is 5.12. The number of carbonyl (C=O) groups is 1. The van der Waals surface area contributed by atoms with E-state index in [1.54, 1.807) is 0 Å². The van der Waals surface area contributed by atoms with E-state index in [1.165, 1.54) is 18.2 Å². The number of aliphatic hydroxyl groups is 1. The summed E-state index contributed by atoms with van der Waals surface area (Å²) in [6.45, 7) is 0. The van der Waals surface area contributed by atoms with Crippen LogP contribution in [0.4, 0.5) is 30.7 Å². The zero-order valence-electron chi connectivity index (χ0n) is 12.3. The molecule has 2 nitrogen and oxygen atoms in total. The predicted molar refractivity (Wildman–Crippen MR) is 73.7 cm³/mol. The number of benzene rings is 1. The van der Waals surface area contributed by atoms with Crippen LogP contribution in [0.3, 0.4) is 0 Å². The van der Waals surface area contributed by atoms with Crippen molar-refractivity contribution in [3.8, 4) is 0 Å². The Morgan fingerprint density at radius 3 is 2.00 bits per heavy atom. The third-order valence-electron chi connectivity index (χ3n) is 4.11. The lowest BCUT2D eigenvalue weighted by molar-refractivity contribution is -0.390. The van der Waals surface area contributed by atoms with Crippen molar-refractivity contribution < 1.29 is 40.6 Å². The molecule has 1 aromatic carbocycles. The topological polar surface area (TPSA) is 37.3 Å². The first-order chi connectivity index (χ1) is 11.4. The summed E-state index contributed by atoms with van der Waals surface area (Å²) in [5, 5.41) is 9.54. The third-order valence-corrected chi connectivity index (χ3v) is 4.11. The summed E-state index contributed by atoms with van der Waals surface area (Å²) in [5.74, 6) is -0.737. The molecule has 9 heteroatoms. The Bertz CT molecular complexity index is 717. The minimum atomic E-state index is -6.15. The number of carbonyl (C=O) groups excluding carboxylic acids is 1. The molecule has 0 heterocycles. The van der Waals surface area contributed by atoms with Crippen molar-refractivity contribution in [2.24, 2.45) is 5.41 Å². The summed E-state index contributed by atoms with van der Waals surface area (Å²) in [7, 11) is 0. The third kappa shape index (κ3) is 2.86. The van der Waals surface area contributed by atoms with Crippen molar-refractivity contribution in [2.45, 2.75) is 24.4 Å². The zero-order valence-corrected chi connectivity index (χ0v) is 12.3. The highest BCUT2D eigenvalue weighted by Crippen LogP contribution is 2.55. The molecule has 1 N–H and O–H groups in total. The van der Waals surface area contributed by atoms with Gasteiger partial charge in [0.1, 0.15) is 12.1 Å². The Balaban J connectivity index is 2.53. The molecule has 0 spiro atoms. The van der Waals surface area contributed by atoms with Crippen LogP contribution >= 0.6 is 0 Å². The number of allylic oxidation sites excluding steroid dienone is 3. The second-order valence-corrected chi connectivity index (χ2v) is 5.54. The van der Waals surface area contributed by atoms with E-state index in [1.807, 2.05) is 0 Å². The van der Waals surface area contributed by atoms with Gasteiger partial charge in [0.25, 0.3) is 5.60 Å². The lowest BCUT2D eigenvalue weighted by Gasteiger charge is -2.44. The maximum absolute atomic E-state index is 13.7. The molecule has 0 saturated heterocycles. The Kier molecular flexibility index (Phi) is 4.58. The minimum absolute atomic E-state index is 0.00211. The van der Waals surface area contributed by atoms with Crippen molar-refractivity contribution in [3.05, 3.63) is 53.9 Å². The van der Waals surface area contributed by atoms with Crippen molar-refractivity contribution in [3.63, 3.8) is 0 Å². The maximum atomic E-state index is 13.7. The Morgan fingerprint density at radius 2 is 1.60 bits per heavy atom. The van der Waals surface area contributed by atoms with E-state index in [4.69, 9.17) is 0 Å². The van der Waals surface area contributed by atoms with Crippen LogP contribution in [-0.2, 0) is 4.79 Å². The van der Waals surface area contributed by atoms with Crippen molar-refractivity contribution >= 4 is 11.9 Å². The van der Waals surface area contributed by atoms with Crippen LogP contribution in [0.5, 0.6) is 0 Å². The van der Waals surface area contributed by atoms with Crippen LogP contribution in [-0.4, -0.2) is 29.3 Å². The molecule has 0 aliphatic heterocycles. The smallest absolute Gasteiger partial charge is 0.373 e. The molecule has 0 radical (unpaired) electrons. The van der Waals surface area contributed by atoms with Crippen LogP contribution < -0.4 is 0 Å². The van der Waals surface area contributed by atoms with Gasteiger partial charge in [0.05, 0.1) is 5.41 Å². The first-order valence-electron chi connectivity index (χ1n) is 6.86. The molecular formula is C16H11F7O2. The fourth-order valence-corrected chi connectivity index (χ4v) is 2.68. The van der Waals surface area contributed by atoms with Crippen LogP contribution in [0.15, 0.2) is 42.5 Å². The molecule has 0 aromatic heterocycles. The van der Waals surface area contributed by atoms with Crippen molar-refractivity contribution in [1.29, 1.82) is 0 Å². The second kappa shape index (κ2) is 5.98. The minimum Gasteiger partial charge on any atom is -0.373 e. The number of hydrogen-bond donors (Lipinski definition) is 1. The highest BCUT2D eigenvalue weighted by Gasteiger charge is 2.78. The summed E-state index contributed by atoms with van der Waals surface area (Å²) < 4.78 is 92.1. The van der Waals surface area contributed by atoms with Crippen LogP contribution in [0, 0.1) is 11.2 Å². The molecule has 0 fully saturated rings. The number of rotatable bonds is 3. The number of hydrogen-bond acceptors (Lipinski definition) is 2. The van der Waals surface area contributed by atoms with E-state index in [0.29, 0.717) is 6.08 Å². The highest BCUT2D eigenvalue weighted by atomic mass is 19.4. The molecule has 1 unspecified atom stereocenters. The SMILES string of the molecule is O=CC1(C(O)(C(F)(F)F)C(F)(F)F)C=CC(c2ccccc2F)=CC1. The summed E-state index contributed by atoms with van der Waals surface area (Å²) in [6.07, 6.45) is -12.1. The molecule has 136 valence electrons. The van der Waals surface area contributed by atoms with Gasteiger partial charge in [-0.1, -0.05) is 36.4 Å². The average molecular weight is 368 g/mol. The molecule has 1 aliphatic carbocycles. The predicted octanol–water partition coefficient (Wildman–Crippen LogP) is 4.21. The molecule has 1 aliphatic rings. The summed E-state index contributed by atoms with van der Waals surface area (Å²) in [5.41, 5.74) is -8.64. The Hall–Kier alpha value is -2.16. The fourth-order valence-electron chi connectivity index (χ4n) is 2.68. The van der Waals surface area contributed by atoms with Gasteiger partial charge in [0.15, 0.2) is 0 Å². The summed E-state index contributed by atoms with van der Waals surface area (Å²) in [4.78, 5) is 11.2. The fraction of sp³-hybridized carbons (Fsp3) is 0.312. The summed E-state index contributed by atoms with van der Waals surface area (Å²) >= 11 is 0. The lowest BCUT2D eigenvalue weighted by Crippen LogP contribution is -2.67. The Morgan fingerprint density at radius 1 is 1.04 bits per heavy atom. The van der Waals surface area contributed by atoms with Crippen molar-refractivity contribution in [2.75, 3.05) is 0 Å². The second-order valence-electron chi connectivity index (χ2n) is 5.54. The van der Waals surface area contributed by atoms with Crippen molar-refractivity contribution in [1.82, 2.24) is 0 Å². The molecule has 25 heavy (non-hydrogen) atoms. The molecule has 0 bridgehead atoms. The van der Waals surface area contributed by atoms with Gasteiger partial charge in [-0.05, 0) is 18.1 Å². The number of alkyl halides is 6. The van der Waals surface area contributed by atoms with E-state index in [9.17, 15) is 40.6 Å². The largest absolute Gasteiger partial charge is 0.427 e. The van der Waals surface area contributed by atoms with Gasteiger partial charge >= 0.3 is 12.4 Å². The van der Waals surface area contributed by atoms with E-state index in [-0.39, 0.29) is 11.1 Å². The van der Waals surface area contributed by atoms with Gasteiger partial charge in [0.2, 0.25) is 0 Å².